The summed E-state index contributed by atoms with van der Waals surface area (Å²) in [4.78, 5) is 12.3. The zero-order chi connectivity index (χ0) is 15.7. The molecule has 0 aromatic heterocycles. The number of nitro groups is 1. The first-order chi connectivity index (χ1) is 10.2. The first kappa shape index (κ1) is 17.7. The summed E-state index contributed by atoms with van der Waals surface area (Å²) in [5.74, 6) is 0.545. The van der Waals surface area contributed by atoms with Gasteiger partial charge in [-0.3, -0.25) is 15.0 Å². The minimum atomic E-state index is -0.514. The van der Waals surface area contributed by atoms with Crippen LogP contribution in [0.1, 0.15) is 13.8 Å². The highest BCUT2D eigenvalue weighted by atomic mass is 35.5. The molecule has 1 aliphatic rings. The second-order valence-electron chi connectivity index (χ2n) is 4.17. The van der Waals surface area contributed by atoms with E-state index < -0.39 is 4.92 Å². The molecule has 0 saturated carbocycles. The van der Waals surface area contributed by atoms with Crippen LogP contribution in [0, 0.1) is 10.1 Å². The molecule has 1 heterocycles. The van der Waals surface area contributed by atoms with Crippen LogP contribution in [0.15, 0.2) is 18.2 Å². The van der Waals surface area contributed by atoms with Gasteiger partial charge in [-0.05, 0) is 6.07 Å². The molecule has 1 saturated heterocycles. The lowest BCUT2D eigenvalue weighted by molar-refractivity contribution is -0.384. The van der Waals surface area contributed by atoms with Gasteiger partial charge in [0.1, 0.15) is 17.4 Å². The Hall–Kier alpha value is -1.37. The zero-order valence-electron chi connectivity index (χ0n) is 12.4. The van der Waals surface area contributed by atoms with Gasteiger partial charge in [-0.2, -0.15) is 0 Å². The number of benzene rings is 1. The molecule has 0 N–H and O–H groups in total. The second kappa shape index (κ2) is 9.55. The SMILES string of the molecule is CC.O=[N+]([O-])c1ccc(OCCN2CCOCC2)cc1Cl. The Kier molecular flexibility index (Phi) is 8.04. The van der Waals surface area contributed by atoms with Crippen molar-refractivity contribution in [3.8, 4) is 5.75 Å². The number of hydrogen-bond donors (Lipinski definition) is 0. The van der Waals surface area contributed by atoms with Gasteiger partial charge in [0.25, 0.3) is 5.69 Å². The topological polar surface area (TPSA) is 64.8 Å². The molecule has 0 spiro atoms. The predicted octanol–water partition coefficient (Wildman–Crippen LogP) is 2.99. The van der Waals surface area contributed by atoms with Gasteiger partial charge in [0.2, 0.25) is 0 Å². The number of morpholine rings is 1. The molecule has 6 nitrogen and oxygen atoms in total. The van der Waals surface area contributed by atoms with Crippen molar-refractivity contribution < 1.29 is 14.4 Å². The Morgan fingerprint density at radius 2 is 2.05 bits per heavy atom. The van der Waals surface area contributed by atoms with E-state index in [4.69, 9.17) is 21.1 Å². The maximum Gasteiger partial charge on any atom is 0.288 e. The average molecular weight is 317 g/mol. The van der Waals surface area contributed by atoms with Crippen molar-refractivity contribution in [3.05, 3.63) is 33.3 Å². The second-order valence-corrected chi connectivity index (χ2v) is 4.58. The van der Waals surface area contributed by atoms with Gasteiger partial charge in [-0.1, -0.05) is 25.4 Å². The first-order valence-electron chi connectivity index (χ1n) is 7.03. The van der Waals surface area contributed by atoms with Crippen molar-refractivity contribution in [1.82, 2.24) is 4.90 Å². The van der Waals surface area contributed by atoms with Crippen molar-refractivity contribution in [2.75, 3.05) is 39.5 Å². The van der Waals surface area contributed by atoms with E-state index >= 15 is 0 Å². The highest BCUT2D eigenvalue weighted by Crippen LogP contribution is 2.28. The van der Waals surface area contributed by atoms with Gasteiger partial charge in [0.05, 0.1) is 18.1 Å². The number of nitro benzene ring substituents is 1. The summed E-state index contributed by atoms with van der Waals surface area (Å²) in [5, 5.41) is 10.7. The zero-order valence-corrected chi connectivity index (χ0v) is 13.1. The Morgan fingerprint density at radius 3 is 2.62 bits per heavy atom. The third kappa shape index (κ3) is 5.87. The smallest absolute Gasteiger partial charge is 0.288 e. The first-order valence-corrected chi connectivity index (χ1v) is 7.41. The van der Waals surface area contributed by atoms with Crippen molar-refractivity contribution in [2.45, 2.75) is 13.8 Å². The van der Waals surface area contributed by atoms with Crippen LogP contribution in [0.3, 0.4) is 0 Å². The van der Waals surface area contributed by atoms with Crippen LogP contribution in [-0.2, 0) is 4.74 Å². The van der Waals surface area contributed by atoms with E-state index in [2.05, 4.69) is 4.90 Å². The Balaban J connectivity index is 0.00000106. The molecule has 21 heavy (non-hydrogen) atoms. The van der Waals surface area contributed by atoms with Crippen molar-refractivity contribution >= 4 is 17.3 Å². The molecular weight excluding hydrogens is 296 g/mol. The molecule has 2 rings (SSSR count). The fourth-order valence-corrected chi connectivity index (χ4v) is 2.08. The molecule has 1 aliphatic heterocycles. The number of rotatable bonds is 5. The van der Waals surface area contributed by atoms with Crippen molar-refractivity contribution in [3.63, 3.8) is 0 Å². The lowest BCUT2D eigenvalue weighted by Crippen LogP contribution is -2.38. The summed E-state index contributed by atoms with van der Waals surface area (Å²) >= 11 is 5.80. The molecule has 0 unspecified atom stereocenters. The van der Waals surface area contributed by atoms with E-state index in [0.29, 0.717) is 12.4 Å². The summed E-state index contributed by atoms with van der Waals surface area (Å²) in [7, 11) is 0. The average Bonchev–Trinajstić information content (AvgIpc) is 2.50. The van der Waals surface area contributed by atoms with E-state index in [9.17, 15) is 10.1 Å². The molecular formula is C14H21ClN2O4. The third-order valence-electron chi connectivity index (χ3n) is 2.90. The minimum absolute atomic E-state index is 0.0915. The number of nitrogens with zero attached hydrogens (tertiary/aromatic N) is 2. The quantitative estimate of drug-likeness (QED) is 0.617. The van der Waals surface area contributed by atoms with E-state index in [1.165, 1.54) is 12.1 Å². The molecule has 0 radical (unpaired) electrons. The fraction of sp³-hybridized carbons (Fsp3) is 0.571. The van der Waals surface area contributed by atoms with E-state index in [0.717, 1.165) is 32.8 Å². The summed E-state index contributed by atoms with van der Waals surface area (Å²) in [6.07, 6.45) is 0. The van der Waals surface area contributed by atoms with Crippen LogP contribution in [0.5, 0.6) is 5.75 Å². The van der Waals surface area contributed by atoms with Crippen molar-refractivity contribution in [1.29, 1.82) is 0 Å². The van der Waals surface area contributed by atoms with Crippen LogP contribution < -0.4 is 4.74 Å². The number of halogens is 1. The minimum Gasteiger partial charge on any atom is -0.492 e. The molecule has 118 valence electrons. The molecule has 1 aromatic rings. The van der Waals surface area contributed by atoms with E-state index in [1.54, 1.807) is 6.07 Å². The molecule has 1 aromatic carbocycles. The number of ether oxygens (including phenoxy) is 2. The Labute approximate surface area is 129 Å². The fourth-order valence-electron chi connectivity index (χ4n) is 1.84. The predicted molar refractivity (Wildman–Crippen MR) is 82.2 cm³/mol. The van der Waals surface area contributed by atoms with E-state index in [1.807, 2.05) is 13.8 Å². The van der Waals surface area contributed by atoms with Gasteiger partial charge in [0.15, 0.2) is 0 Å². The normalized spacial score (nSPS) is 15.0. The molecule has 0 amide bonds. The van der Waals surface area contributed by atoms with Crippen LogP contribution in [0.25, 0.3) is 0 Å². The maximum absolute atomic E-state index is 10.6. The largest absolute Gasteiger partial charge is 0.492 e. The Morgan fingerprint density at radius 1 is 1.38 bits per heavy atom. The Bertz CT molecular complexity index is 451. The summed E-state index contributed by atoms with van der Waals surface area (Å²) in [6.45, 7) is 8.65. The molecule has 0 aliphatic carbocycles. The van der Waals surface area contributed by atoms with Crippen LogP contribution in [-0.4, -0.2) is 49.3 Å². The lowest BCUT2D eigenvalue weighted by atomic mass is 10.3. The maximum atomic E-state index is 10.6. The monoisotopic (exact) mass is 316 g/mol. The summed E-state index contributed by atoms with van der Waals surface area (Å²) in [6, 6.07) is 4.38. The molecule has 0 bridgehead atoms. The lowest BCUT2D eigenvalue weighted by Gasteiger charge is -2.26. The standard InChI is InChI=1S/C12H15ClN2O4.C2H6/c13-11-9-10(1-2-12(11)15(16)17)19-8-5-14-3-6-18-7-4-14;1-2/h1-2,9H,3-8H2;1-2H3. The highest BCUT2D eigenvalue weighted by Gasteiger charge is 2.13. The third-order valence-corrected chi connectivity index (χ3v) is 3.20. The summed E-state index contributed by atoms with van der Waals surface area (Å²) in [5.41, 5.74) is -0.109. The molecule has 7 heteroatoms. The highest BCUT2D eigenvalue weighted by molar-refractivity contribution is 6.32. The van der Waals surface area contributed by atoms with Gasteiger partial charge in [0, 0.05) is 31.8 Å². The van der Waals surface area contributed by atoms with Gasteiger partial charge in [-0.15, -0.1) is 0 Å². The molecule has 1 fully saturated rings. The molecule has 0 atom stereocenters. The van der Waals surface area contributed by atoms with Crippen LogP contribution in [0.2, 0.25) is 5.02 Å². The van der Waals surface area contributed by atoms with E-state index in [-0.39, 0.29) is 10.7 Å². The van der Waals surface area contributed by atoms with Gasteiger partial charge in [-0.25, -0.2) is 0 Å². The summed E-state index contributed by atoms with van der Waals surface area (Å²) < 4.78 is 10.8. The number of hydrogen-bond acceptors (Lipinski definition) is 5. The van der Waals surface area contributed by atoms with Gasteiger partial charge >= 0.3 is 0 Å². The van der Waals surface area contributed by atoms with Crippen LogP contribution in [0.4, 0.5) is 5.69 Å². The van der Waals surface area contributed by atoms with Crippen molar-refractivity contribution in [2.24, 2.45) is 0 Å². The van der Waals surface area contributed by atoms with Gasteiger partial charge < -0.3 is 9.47 Å². The van der Waals surface area contributed by atoms with Crippen LogP contribution >= 0.6 is 11.6 Å².